The standard InChI is InChI=1S/C19H15ClFN3O2/c1-12-10-24(15-5-2-13(9-22)3-6-15)18(25)11-23(12)19(26)16-7-4-14(21)8-17(16)20/h2-8,12H,10-11H2,1H3/t12-/m1/s1. The minimum absolute atomic E-state index is 0.0178. The van der Waals surface area contributed by atoms with Gasteiger partial charge in [0.25, 0.3) is 5.91 Å². The van der Waals surface area contributed by atoms with Crippen molar-refractivity contribution in [1.29, 1.82) is 5.26 Å². The summed E-state index contributed by atoms with van der Waals surface area (Å²) in [6.07, 6.45) is 0. The van der Waals surface area contributed by atoms with Crippen molar-refractivity contribution in [2.45, 2.75) is 13.0 Å². The predicted molar refractivity (Wildman–Crippen MR) is 95.4 cm³/mol. The zero-order valence-corrected chi connectivity index (χ0v) is 14.7. The van der Waals surface area contributed by atoms with Crippen LogP contribution in [0.4, 0.5) is 10.1 Å². The molecule has 1 aliphatic rings. The molecule has 5 nitrogen and oxygen atoms in total. The molecule has 1 saturated heterocycles. The number of nitrogens with zero attached hydrogens (tertiary/aromatic N) is 3. The van der Waals surface area contributed by atoms with E-state index in [-0.39, 0.29) is 29.1 Å². The first-order chi connectivity index (χ1) is 12.4. The van der Waals surface area contributed by atoms with E-state index < -0.39 is 11.7 Å². The number of anilines is 1. The van der Waals surface area contributed by atoms with Gasteiger partial charge in [-0.05, 0) is 49.4 Å². The zero-order valence-electron chi connectivity index (χ0n) is 13.9. The number of carbonyl (C=O) groups excluding carboxylic acids is 2. The zero-order chi connectivity index (χ0) is 18.8. The Bertz CT molecular complexity index is 908. The summed E-state index contributed by atoms with van der Waals surface area (Å²) in [5, 5.41) is 8.89. The summed E-state index contributed by atoms with van der Waals surface area (Å²) < 4.78 is 13.2. The van der Waals surface area contributed by atoms with Crippen molar-refractivity contribution in [3.05, 3.63) is 64.4 Å². The number of benzene rings is 2. The minimum atomic E-state index is -0.527. The first-order valence-corrected chi connectivity index (χ1v) is 8.35. The molecule has 0 N–H and O–H groups in total. The molecule has 26 heavy (non-hydrogen) atoms. The minimum Gasteiger partial charge on any atom is -0.325 e. The van der Waals surface area contributed by atoms with E-state index in [0.717, 1.165) is 6.07 Å². The van der Waals surface area contributed by atoms with Crippen LogP contribution in [-0.2, 0) is 4.79 Å². The van der Waals surface area contributed by atoms with Gasteiger partial charge in [0.05, 0.1) is 22.2 Å². The average Bonchev–Trinajstić information content (AvgIpc) is 2.63. The fourth-order valence-electron chi connectivity index (χ4n) is 2.91. The monoisotopic (exact) mass is 371 g/mol. The molecule has 132 valence electrons. The molecule has 2 aromatic rings. The normalized spacial score (nSPS) is 17.2. The fraction of sp³-hybridized carbons (Fsp3) is 0.211. The average molecular weight is 372 g/mol. The van der Waals surface area contributed by atoms with Gasteiger partial charge in [0.2, 0.25) is 5.91 Å². The van der Waals surface area contributed by atoms with Gasteiger partial charge < -0.3 is 9.80 Å². The molecule has 2 aromatic carbocycles. The van der Waals surface area contributed by atoms with Gasteiger partial charge in [0.15, 0.2) is 0 Å². The number of rotatable bonds is 2. The Balaban J connectivity index is 1.80. The third-order valence-corrected chi connectivity index (χ3v) is 4.63. The van der Waals surface area contributed by atoms with Crippen LogP contribution in [0.3, 0.4) is 0 Å². The molecule has 1 fully saturated rings. The number of amides is 2. The van der Waals surface area contributed by atoms with Gasteiger partial charge >= 0.3 is 0 Å². The third-order valence-electron chi connectivity index (χ3n) is 4.32. The van der Waals surface area contributed by atoms with Crippen molar-refractivity contribution < 1.29 is 14.0 Å². The van der Waals surface area contributed by atoms with Crippen molar-refractivity contribution >= 4 is 29.1 Å². The fourth-order valence-corrected chi connectivity index (χ4v) is 3.15. The van der Waals surface area contributed by atoms with Crippen LogP contribution in [0, 0.1) is 17.1 Å². The summed E-state index contributed by atoms with van der Waals surface area (Å²) in [5.74, 6) is -1.17. The van der Waals surface area contributed by atoms with E-state index >= 15 is 0 Å². The molecule has 0 radical (unpaired) electrons. The Morgan fingerprint density at radius 2 is 1.96 bits per heavy atom. The van der Waals surface area contributed by atoms with Gasteiger partial charge in [-0.3, -0.25) is 9.59 Å². The van der Waals surface area contributed by atoms with Crippen LogP contribution in [0.5, 0.6) is 0 Å². The molecule has 1 aliphatic heterocycles. The first-order valence-electron chi connectivity index (χ1n) is 7.97. The number of hydrogen-bond acceptors (Lipinski definition) is 3. The highest BCUT2D eigenvalue weighted by Crippen LogP contribution is 2.24. The summed E-state index contributed by atoms with van der Waals surface area (Å²) >= 11 is 5.97. The number of halogens is 2. The molecule has 0 spiro atoms. The van der Waals surface area contributed by atoms with Gasteiger partial charge in [-0.2, -0.15) is 5.26 Å². The van der Waals surface area contributed by atoms with Crippen molar-refractivity contribution in [2.24, 2.45) is 0 Å². The highest BCUT2D eigenvalue weighted by Gasteiger charge is 2.34. The van der Waals surface area contributed by atoms with Crippen LogP contribution < -0.4 is 4.90 Å². The Morgan fingerprint density at radius 3 is 2.58 bits per heavy atom. The third kappa shape index (κ3) is 3.39. The van der Waals surface area contributed by atoms with E-state index in [1.54, 1.807) is 29.2 Å². The lowest BCUT2D eigenvalue weighted by Gasteiger charge is -2.39. The number of carbonyl (C=O) groups is 2. The van der Waals surface area contributed by atoms with Crippen LogP contribution in [0.25, 0.3) is 0 Å². The molecule has 0 bridgehead atoms. The van der Waals surface area contributed by atoms with Crippen LogP contribution in [0.15, 0.2) is 42.5 Å². The topological polar surface area (TPSA) is 64.4 Å². The van der Waals surface area contributed by atoms with E-state index in [1.165, 1.54) is 17.0 Å². The molecule has 0 unspecified atom stereocenters. The molecule has 0 saturated carbocycles. The second kappa shape index (κ2) is 7.14. The van der Waals surface area contributed by atoms with Crippen LogP contribution in [0.2, 0.25) is 5.02 Å². The first kappa shape index (κ1) is 17.9. The maximum atomic E-state index is 13.2. The molecule has 0 aliphatic carbocycles. The molecule has 1 atom stereocenters. The Morgan fingerprint density at radius 1 is 1.27 bits per heavy atom. The smallest absolute Gasteiger partial charge is 0.256 e. The highest BCUT2D eigenvalue weighted by molar-refractivity contribution is 6.33. The number of hydrogen-bond donors (Lipinski definition) is 0. The van der Waals surface area contributed by atoms with Crippen molar-refractivity contribution in [2.75, 3.05) is 18.0 Å². The van der Waals surface area contributed by atoms with E-state index in [4.69, 9.17) is 16.9 Å². The Labute approximate surface area is 155 Å². The van der Waals surface area contributed by atoms with Gasteiger partial charge in [0, 0.05) is 18.3 Å². The van der Waals surface area contributed by atoms with Gasteiger partial charge in [-0.1, -0.05) is 11.6 Å². The lowest BCUT2D eigenvalue weighted by atomic mass is 10.1. The largest absolute Gasteiger partial charge is 0.325 e. The van der Waals surface area contributed by atoms with E-state index in [0.29, 0.717) is 17.8 Å². The maximum absolute atomic E-state index is 13.2. The van der Waals surface area contributed by atoms with Crippen LogP contribution >= 0.6 is 11.6 Å². The molecule has 2 amide bonds. The molecule has 1 heterocycles. The summed E-state index contributed by atoms with van der Waals surface area (Å²) in [4.78, 5) is 28.3. The summed E-state index contributed by atoms with van der Waals surface area (Å²) in [5.41, 5.74) is 1.35. The maximum Gasteiger partial charge on any atom is 0.256 e. The lowest BCUT2D eigenvalue weighted by Crippen LogP contribution is -2.57. The summed E-state index contributed by atoms with van der Waals surface area (Å²) in [7, 11) is 0. The Hall–Kier alpha value is -2.91. The molecule has 3 rings (SSSR count). The van der Waals surface area contributed by atoms with Gasteiger partial charge in [-0.25, -0.2) is 4.39 Å². The molecular weight excluding hydrogens is 357 g/mol. The van der Waals surface area contributed by atoms with Crippen molar-refractivity contribution in [3.8, 4) is 6.07 Å². The summed E-state index contributed by atoms with van der Waals surface area (Å²) in [6, 6.07) is 12.0. The lowest BCUT2D eigenvalue weighted by molar-refractivity contribution is -0.121. The second-order valence-electron chi connectivity index (χ2n) is 6.07. The van der Waals surface area contributed by atoms with Crippen LogP contribution in [0.1, 0.15) is 22.8 Å². The Kier molecular flexibility index (Phi) is 4.92. The summed E-state index contributed by atoms with van der Waals surface area (Å²) in [6.45, 7) is 2.04. The van der Waals surface area contributed by atoms with Gasteiger partial charge in [0.1, 0.15) is 12.4 Å². The number of piperazine rings is 1. The number of nitriles is 1. The van der Waals surface area contributed by atoms with Gasteiger partial charge in [-0.15, -0.1) is 0 Å². The molecular formula is C19H15ClFN3O2. The van der Waals surface area contributed by atoms with Crippen LogP contribution in [-0.4, -0.2) is 35.8 Å². The highest BCUT2D eigenvalue weighted by atomic mass is 35.5. The van der Waals surface area contributed by atoms with E-state index in [2.05, 4.69) is 0 Å². The van der Waals surface area contributed by atoms with E-state index in [9.17, 15) is 14.0 Å². The van der Waals surface area contributed by atoms with Crippen molar-refractivity contribution in [1.82, 2.24) is 4.90 Å². The van der Waals surface area contributed by atoms with E-state index in [1.807, 2.05) is 13.0 Å². The quantitative estimate of drug-likeness (QED) is 0.814. The second-order valence-corrected chi connectivity index (χ2v) is 6.48. The molecule has 7 heteroatoms. The van der Waals surface area contributed by atoms with Crippen molar-refractivity contribution in [3.63, 3.8) is 0 Å². The SMILES string of the molecule is C[C@@H]1CN(c2ccc(C#N)cc2)C(=O)CN1C(=O)c1ccc(F)cc1Cl. The molecule has 0 aromatic heterocycles. The predicted octanol–water partition coefficient (Wildman–Crippen LogP) is 3.23.